The molecule has 0 aliphatic carbocycles. The SMILES string of the molecule is C[C@H](Cc1cc2c3c(c1)nc(N1CCC[C@@H](CO)C1)n3CCCO2)C(N)=O. The molecule has 2 aliphatic heterocycles. The van der Waals surface area contributed by atoms with Gasteiger partial charge < -0.3 is 25.0 Å². The Morgan fingerprint density at radius 2 is 2.26 bits per heavy atom. The van der Waals surface area contributed by atoms with Gasteiger partial charge in [0, 0.05) is 32.2 Å². The van der Waals surface area contributed by atoms with Crippen LogP contribution in [0.25, 0.3) is 11.0 Å². The summed E-state index contributed by atoms with van der Waals surface area (Å²) in [6.45, 7) is 5.40. The lowest BCUT2D eigenvalue weighted by atomic mass is 9.99. The van der Waals surface area contributed by atoms with Crippen molar-refractivity contribution >= 4 is 22.9 Å². The molecule has 2 aromatic rings. The van der Waals surface area contributed by atoms with E-state index in [4.69, 9.17) is 15.5 Å². The fraction of sp³-hybridized carbons (Fsp3) is 0.600. The third kappa shape index (κ3) is 3.48. The summed E-state index contributed by atoms with van der Waals surface area (Å²) < 4.78 is 8.27. The standard InChI is InChI=1S/C20H28N4O3/c1-13(19(21)26)8-15-9-16-18-17(10-15)27-7-3-6-24(18)20(22-16)23-5-2-4-14(11-23)12-25/h9-10,13-14,25H,2-8,11-12H2,1H3,(H2,21,26)/t13-,14-/m1/s1. The zero-order valence-electron chi connectivity index (χ0n) is 15.9. The van der Waals surface area contributed by atoms with Crippen LogP contribution in [-0.4, -0.2) is 46.9 Å². The molecule has 0 unspecified atom stereocenters. The third-order valence-corrected chi connectivity index (χ3v) is 5.72. The number of nitrogens with two attached hydrogens (primary N) is 1. The highest BCUT2D eigenvalue weighted by Crippen LogP contribution is 2.35. The van der Waals surface area contributed by atoms with Crippen molar-refractivity contribution in [2.45, 2.75) is 39.2 Å². The summed E-state index contributed by atoms with van der Waals surface area (Å²) in [5, 5.41) is 9.58. The number of hydrogen-bond donors (Lipinski definition) is 2. The van der Waals surface area contributed by atoms with E-state index in [1.165, 1.54) is 0 Å². The number of carbonyl (C=O) groups is 1. The number of imidazole rings is 1. The van der Waals surface area contributed by atoms with Gasteiger partial charge in [-0.25, -0.2) is 4.98 Å². The smallest absolute Gasteiger partial charge is 0.220 e. The van der Waals surface area contributed by atoms with Gasteiger partial charge in [0.25, 0.3) is 0 Å². The largest absolute Gasteiger partial charge is 0.491 e. The molecule has 0 radical (unpaired) electrons. The lowest BCUT2D eigenvalue weighted by Gasteiger charge is -2.32. The molecule has 2 aliphatic rings. The van der Waals surface area contributed by atoms with E-state index < -0.39 is 0 Å². The Balaban J connectivity index is 1.75. The molecule has 146 valence electrons. The second-order valence-electron chi connectivity index (χ2n) is 7.87. The van der Waals surface area contributed by atoms with Crippen molar-refractivity contribution in [3.8, 4) is 5.75 Å². The molecule has 1 fully saturated rings. The lowest BCUT2D eigenvalue weighted by Crippen LogP contribution is -2.38. The Morgan fingerprint density at radius 1 is 1.41 bits per heavy atom. The number of aliphatic hydroxyl groups excluding tert-OH is 1. The van der Waals surface area contributed by atoms with Gasteiger partial charge in [-0.15, -0.1) is 0 Å². The van der Waals surface area contributed by atoms with Gasteiger partial charge in [0.1, 0.15) is 11.3 Å². The molecule has 1 aromatic carbocycles. The van der Waals surface area contributed by atoms with Crippen molar-refractivity contribution in [2.75, 3.05) is 31.2 Å². The first-order valence-electron chi connectivity index (χ1n) is 9.88. The molecule has 27 heavy (non-hydrogen) atoms. The van der Waals surface area contributed by atoms with E-state index in [0.29, 0.717) is 18.9 Å². The van der Waals surface area contributed by atoms with Crippen molar-refractivity contribution < 1.29 is 14.6 Å². The summed E-state index contributed by atoms with van der Waals surface area (Å²) in [4.78, 5) is 18.7. The van der Waals surface area contributed by atoms with Crippen LogP contribution >= 0.6 is 0 Å². The van der Waals surface area contributed by atoms with Gasteiger partial charge in [0.05, 0.1) is 12.1 Å². The van der Waals surface area contributed by atoms with Crippen LogP contribution in [0.4, 0.5) is 5.95 Å². The summed E-state index contributed by atoms with van der Waals surface area (Å²) in [6, 6.07) is 4.09. The zero-order valence-corrected chi connectivity index (χ0v) is 15.9. The minimum atomic E-state index is -0.295. The Kier molecular flexibility index (Phi) is 4.95. The fourth-order valence-corrected chi connectivity index (χ4v) is 4.21. The highest BCUT2D eigenvalue weighted by Gasteiger charge is 2.26. The van der Waals surface area contributed by atoms with E-state index >= 15 is 0 Å². The third-order valence-electron chi connectivity index (χ3n) is 5.72. The monoisotopic (exact) mass is 372 g/mol. The van der Waals surface area contributed by atoms with Gasteiger partial charge in [0.15, 0.2) is 0 Å². The van der Waals surface area contributed by atoms with Crippen LogP contribution in [0.1, 0.15) is 31.7 Å². The maximum absolute atomic E-state index is 11.5. The van der Waals surface area contributed by atoms with Crippen molar-refractivity contribution in [2.24, 2.45) is 17.6 Å². The van der Waals surface area contributed by atoms with Crippen LogP contribution in [-0.2, 0) is 17.8 Å². The molecule has 1 aromatic heterocycles. The van der Waals surface area contributed by atoms with Crippen LogP contribution < -0.4 is 15.4 Å². The maximum Gasteiger partial charge on any atom is 0.220 e. The van der Waals surface area contributed by atoms with Gasteiger partial charge in [-0.05, 0) is 49.3 Å². The molecule has 0 bridgehead atoms. The van der Waals surface area contributed by atoms with Crippen molar-refractivity contribution in [1.82, 2.24) is 9.55 Å². The average Bonchev–Trinajstić information content (AvgIpc) is 2.89. The second-order valence-corrected chi connectivity index (χ2v) is 7.87. The summed E-state index contributed by atoms with van der Waals surface area (Å²) in [7, 11) is 0. The Bertz CT molecular complexity index is 847. The molecule has 1 amide bonds. The molecule has 1 saturated heterocycles. The molecular weight excluding hydrogens is 344 g/mol. The molecule has 3 N–H and O–H groups in total. The number of amides is 1. The number of benzene rings is 1. The number of ether oxygens (including phenoxy) is 1. The van der Waals surface area contributed by atoms with Gasteiger partial charge in [-0.1, -0.05) is 6.92 Å². The molecule has 0 spiro atoms. The number of aromatic nitrogens is 2. The molecule has 0 saturated carbocycles. The van der Waals surface area contributed by atoms with E-state index in [0.717, 1.165) is 67.2 Å². The van der Waals surface area contributed by atoms with Crippen LogP contribution in [0.3, 0.4) is 0 Å². The Hall–Kier alpha value is -2.28. The topological polar surface area (TPSA) is 93.6 Å². The van der Waals surface area contributed by atoms with Crippen LogP contribution in [0.5, 0.6) is 5.75 Å². The van der Waals surface area contributed by atoms with Gasteiger partial charge in [0.2, 0.25) is 11.9 Å². The molecule has 3 heterocycles. The van der Waals surface area contributed by atoms with Gasteiger partial charge >= 0.3 is 0 Å². The van der Waals surface area contributed by atoms with Crippen molar-refractivity contribution in [1.29, 1.82) is 0 Å². The first-order valence-corrected chi connectivity index (χ1v) is 9.88. The first-order chi connectivity index (χ1) is 13.1. The zero-order chi connectivity index (χ0) is 19.0. The minimum Gasteiger partial charge on any atom is -0.491 e. The predicted octanol–water partition coefficient (Wildman–Crippen LogP) is 1.69. The number of nitrogens with zero attached hydrogens (tertiary/aromatic N) is 3. The number of aliphatic hydroxyl groups is 1. The van der Waals surface area contributed by atoms with Gasteiger partial charge in [-0.3, -0.25) is 4.79 Å². The number of anilines is 1. The first kappa shape index (κ1) is 18.1. The second kappa shape index (κ2) is 7.38. The average molecular weight is 372 g/mol. The molecule has 2 atom stereocenters. The van der Waals surface area contributed by atoms with E-state index in [9.17, 15) is 9.90 Å². The Morgan fingerprint density at radius 3 is 3.04 bits per heavy atom. The van der Waals surface area contributed by atoms with Crippen LogP contribution in [0.15, 0.2) is 12.1 Å². The maximum atomic E-state index is 11.5. The minimum absolute atomic E-state index is 0.222. The number of aryl methyl sites for hydroxylation is 1. The summed E-state index contributed by atoms with van der Waals surface area (Å²) in [6.07, 6.45) is 3.65. The van der Waals surface area contributed by atoms with E-state index in [1.54, 1.807) is 0 Å². The van der Waals surface area contributed by atoms with Crippen LogP contribution in [0.2, 0.25) is 0 Å². The van der Waals surface area contributed by atoms with Crippen LogP contribution in [0, 0.1) is 11.8 Å². The number of primary amides is 1. The molecule has 7 nitrogen and oxygen atoms in total. The van der Waals surface area contributed by atoms with E-state index in [-0.39, 0.29) is 18.4 Å². The lowest BCUT2D eigenvalue weighted by molar-refractivity contribution is -0.121. The highest BCUT2D eigenvalue weighted by molar-refractivity contribution is 5.86. The number of carbonyl (C=O) groups excluding carboxylic acids is 1. The Labute approximate surface area is 159 Å². The van der Waals surface area contributed by atoms with Gasteiger partial charge in [-0.2, -0.15) is 0 Å². The van der Waals surface area contributed by atoms with Crippen molar-refractivity contribution in [3.63, 3.8) is 0 Å². The summed E-state index contributed by atoms with van der Waals surface area (Å²) in [5.74, 6) is 1.59. The summed E-state index contributed by atoms with van der Waals surface area (Å²) >= 11 is 0. The summed E-state index contributed by atoms with van der Waals surface area (Å²) in [5.41, 5.74) is 8.40. The highest BCUT2D eigenvalue weighted by atomic mass is 16.5. The molecular formula is C20H28N4O3. The van der Waals surface area contributed by atoms with E-state index in [1.807, 2.05) is 13.0 Å². The fourth-order valence-electron chi connectivity index (χ4n) is 4.21. The number of hydrogen-bond acceptors (Lipinski definition) is 5. The predicted molar refractivity (Wildman–Crippen MR) is 104 cm³/mol. The number of piperidine rings is 1. The normalized spacial score (nSPS) is 21.0. The number of rotatable bonds is 5. The molecule has 4 rings (SSSR count). The molecule has 7 heteroatoms. The van der Waals surface area contributed by atoms with Crippen molar-refractivity contribution in [3.05, 3.63) is 17.7 Å². The quantitative estimate of drug-likeness (QED) is 0.833. The van der Waals surface area contributed by atoms with E-state index in [2.05, 4.69) is 15.5 Å².